The zero-order valence-corrected chi connectivity index (χ0v) is 18.7. The van der Waals surface area contributed by atoms with Gasteiger partial charge in [-0.2, -0.15) is 28.1 Å². The molecular weight excluding hydrogens is 445 g/mol. The molecule has 0 unspecified atom stereocenters. The number of allylic oxidation sites excluding steroid dienone is 1. The number of ether oxygens (including phenoxy) is 1. The summed E-state index contributed by atoms with van der Waals surface area (Å²) >= 11 is 0. The van der Waals surface area contributed by atoms with Crippen molar-refractivity contribution in [2.75, 3.05) is 30.4 Å². The lowest BCUT2D eigenvalue weighted by Crippen LogP contribution is -2.14. The van der Waals surface area contributed by atoms with Crippen LogP contribution in [0.15, 0.2) is 61.7 Å². The van der Waals surface area contributed by atoms with Gasteiger partial charge in [0.25, 0.3) is 0 Å². The third-order valence-electron chi connectivity index (χ3n) is 4.44. The van der Waals surface area contributed by atoms with Crippen LogP contribution in [0.3, 0.4) is 0 Å². The average Bonchev–Trinajstić information content (AvgIpc) is 2.78. The van der Waals surface area contributed by atoms with Crippen molar-refractivity contribution >= 4 is 17.6 Å². The van der Waals surface area contributed by atoms with Gasteiger partial charge in [-0.25, -0.2) is 4.98 Å². The fraction of sp³-hybridized carbons (Fsp3) is 0.250. The Kier molecular flexibility index (Phi) is 8.31. The van der Waals surface area contributed by atoms with E-state index in [1.165, 1.54) is 12.1 Å². The van der Waals surface area contributed by atoms with Crippen molar-refractivity contribution in [3.05, 3.63) is 78.5 Å². The first-order valence-corrected chi connectivity index (χ1v) is 10.5. The SMILES string of the molecule is C=CCOCCNc1nc(Nc2cc(C)cc(CC=C)c2)nc(-c2cccc(C(F)(F)F)n2)n1. The van der Waals surface area contributed by atoms with Crippen LogP contribution in [0.5, 0.6) is 0 Å². The molecule has 2 N–H and O–H groups in total. The number of aromatic nitrogens is 4. The second-order valence-corrected chi connectivity index (χ2v) is 7.33. The molecule has 0 aliphatic heterocycles. The van der Waals surface area contributed by atoms with Crippen LogP contribution in [0.2, 0.25) is 0 Å². The van der Waals surface area contributed by atoms with E-state index in [1.807, 2.05) is 25.1 Å². The lowest BCUT2D eigenvalue weighted by atomic mass is 10.1. The van der Waals surface area contributed by atoms with Crippen LogP contribution in [0.1, 0.15) is 16.8 Å². The fourth-order valence-corrected chi connectivity index (χ4v) is 3.09. The van der Waals surface area contributed by atoms with E-state index in [1.54, 1.807) is 12.2 Å². The number of nitrogens with one attached hydrogen (secondary N) is 2. The van der Waals surface area contributed by atoms with E-state index in [0.29, 0.717) is 26.2 Å². The predicted octanol–water partition coefficient (Wildman–Crippen LogP) is 5.35. The summed E-state index contributed by atoms with van der Waals surface area (Å²) < 4.78 is 44.8. The highest BCUT2D eigenvalue weighted by Crippen LogP contribution is 2.29. The molecule has 0 aliphatic carbocycles. The molecule has 7 nitrogen and oxygen atoms in total. The summed E-state index contributed by atoms with van der Waals surface area (Å²) in [7, 11) is 0. The zero-order valence-electron chi connectivity index (χ0n) is 18.7. The van der Waals surface area contributed by atoms with Crippen LogP contribution in [-0.4, -0.2) is 39.7 Å². The minimum absolute atomic E-state index is 0.00271. The van der Waals surface area contributed by atoms with E-state index in [-0.39, 0.29) is 23.4 Å². The summed E-state index contributed by atoms with van der Waals surface area (Å²) in [6.45, 7) is 10.4. The number of anilines is 3. The number of pyridine rings is 1. The second-order valence-electron chi connectivity index (χ2n) is 7.33. The number of rotatable bonds is 11. The van der Waals surface area contributed by atoms with Gasteiger partial charge in [0.15, 0.2) is 5.82 Å². The molecule has 178 valence electrons. The number of hydrogen-bond donors (Lipinski definition) is 2. The van der Waals surface area contributed by atoms with Gasteiger partial charge < -0.3 is 15.4 Å². The van der Waals surface area contributed by atoms with Crippen LogP contribution < -0.4 is 10.6 Å². The Morgan fingerprint density at radius 1 is 1.00 bits per heavy atom. The summed E-state index contributed by atoms with van der Waals surface area (Å²) in [6, 6.07) is 9.45. The Morgan fingerprint density at radius 3 is 2.53 bits per heavy atom. The van der Waals surface area contributed by atoms with E-state index < -0.39 is 11.9 Å². The molecule has 34 heavy (non-hydrogen) atoms. The van der Waals surface area contributed by atoms with Gasteiger partial charge >= 0.3 is 6.18 Å². The first kappa shape index (κ1) is 24.8. The summed E-state index contributed by atoms with van der Waals surface area (Å²) in [6.07, 6.45) is -0.471. The normalized spacial score (nSPS) is 11.2. The van der Waals surface area contributed by atoms with Gasteiger partial charge in [-0.05, 0) is 48.7 Å². The molecule has 0 fully saturated rings. The largest absolute Gasteiger partial charge is 0.433 e. The Morgan fingerprint density at radius 2 is 1.79 bits per heavy atom. The minimum Gasteiger partial charge on any atom is -0.376 e. The topological polar surface area (TPSA) is 84.9 Å². The number of halogens is 3. The number of benzene rings is 1. The highest BCUT2D eigenvalue weighted by molar-refractivity contribution is 5.60. The van der Waals surface area contributed by atoms with Gasteiger partial charge in [0, 0.05) is 12.2 Å². The fourth-order valence-electron chi connectivity index (χ4n) is 3.09. The molecule has 0 bridgehead atoms. The first-order valence-electron chi connectivity index (χ1n) is 10.5. The van der Waals surface area contributed by atoms with Crippen molar-refractivity contribution in [1.29, 1.82) is 0 Å². The summed E-state index contributed by atoms with van der Waals surface area (Å²) in [5, 5.41) is 6.12. The van der Waals surface area contributed by atoms with E-state index in [0.717, 1.165) is 22.9 Å². The Labute approximate surface area is 195 Å². The van der Waals surface area contributed by atoms with Gasteiger partial charge in [-0.15, -0.1) is 13.2 Å². The van der Waals surface area contributed by atoms with E-state index in [9.17, 15) is 13.2 Å². The molecule has 3 rings (SSSR count). The summed E-state index contributed by atoms with van der Waals surface area (Å²) in [5.74, 6) is 0.332. The minimum atomic E-state index is -4.59. The van der Waals surface area contributed by atoms with Crippen molar-refractivity contribution in [1.82, 2.24) is 19.9 Å². The van der Waals surface area contributed by atoms with Gasteiger partial charge in [0.2, 0.25) is 11.9 Å². The third kappa shape index (κ3) is 7.11. The second kappa shape index (κ2) is 11.4. The monoisotopic (exact) mass is 470 g/mol. The quantitative estimate of drug-likeness (QED) is 0.289. The number of alkyl halides is 3. The van der Waals surface area contributed by atoms with E-state index in [2.05, 4.69) is 43.7 Å². The Bertz CT molecular complexity index is 1150. The first-order chi connectivity index (χ1) is 16.3. The molecule has 0 amide bonds. The van der Waals surface area contributed by atoms with Gasteiger partial charge in [-0.1, -0.05) is 24.3 Å². The maximum Gasteiger partial charge on any atom is 0.433 e. The van der Waals surface area contributed by atoms with E-state index in [4.69, 9.17) is 4.74 Å². The van der Waals surface area contributed by atoms with Crippen molar-refractivity contribution in [2.45, 2.75) is 19.5 Å². The van der Waals surface area contributed by atoms with E-state index >= 15 is 0 Å². The summed E-state index contributed by atoms with van der Waals surface area (Å²) in [5.41, 5.74) is 1.74. The van der Waals surface area contributed by atoms with Gasteiger partial charge in [-0.3, -0.25) is 0 Å². The van der Waals surface area contributed by atoms with Crippen molar-refractivity contribution in [3.8, 4) is 11.5 Å². The Hall–Kier alpha value is -3.79. The average molecular weight is 470 g/mol. The standard InChI is InChI=1S/C24H25F3N6O/c1-4-7-17-13-16(3)14-18(15-17)29-23-32-21(19-8-6-9-20(30-19)24(25,26)27)31-22(33-23)28-10-12-34-11-5-2/h4-6,8-9,13-15H,1-2,7,10-12H2,3H3,(H2,28,29,31,32,33). The lowest BCUT2D eigenvalue weighted by Gasteiger charge is -2.12. The van der Waals surface area contributed by atoms with Crippen LogP contribution in [0.4, 0.5) is 30.8 Å². The Balaban J connectivity index is 1.94. The highest BCUT2D eigenvalue weighted by Gasteiger charge is 2.32. The number of aryl methyl sites for hydroxylation is 1. The van der Waals surface area contributed by atoms with Gasteiger partial charge in [0.1, 0.15) is 11.4 Å². The van der Waals surface area contributed by atoms with Gasteiger partial charge in [0.05, 0.1) is 13.2 Å². The number of nitrogens with zero attached hydrogens (tertiary/aromatic N) is 4. The smallest absolute Gasteiger partial charge is 0.376 e. The molecule has 0 radical (unpaired) electrons. The molecule has 0 saturated carbocycles. The van der Waals surface area contributed by atoms with Crippen LogP contribution in [0.25, 0.3) is 11.5 Å². The van der Waals surface area contributed by atoms with Crippen LogP contribution in [-0.2, 0) is 17.3 Å². The van der Waals surface area contributed by atoms with Crippen molar-refractivity contribution in [3.63, 3.8) is 0 Å². The maximum atomic E-state index is 13.2. The molecule has 0 spiro atoms. The number of hydrogen-bond acceptors (Lipinski definition) is 7. The lowest BCUT2D eigenvalue weighted by molar-refractivity contribution is -0.141. The molecule has 1 aromatic carbocycles. The molecule has 0 aliphatic rings. The summed E-state index contributed by atoms with van der Waals surface area (Å²) in [4.78, 5) is 16.6. The van der Waals surface area contributed by atoms with Crippen molar-refractivity contribution in [2.24, 2.45) is 0 Å². The third-order valence-corrected chi connectivity index (χ3v) is 4.44. The zero-order chi connectivity index (χ0) is 24.6. The molecule has 3 aromatic rings. The molecule has 0 saturated heterocycles. The molecular formula is C24H25F3N6O. The molecule has 0 atom stereocenters. The molecule has 2 aromatic heterocycles. The molecule has 2 heterocycles. The van der Waals surface area contributed by atoms with Crippen LogP contribution in [0, 0.1) is 6.92 Å². The molecule has 10 heteroatoms. The highest BCUT2D eigenvalue weighted by atomic mass is 19.4. The maximum absolute atomic E-state index is 13.2. The van der Waals surface area contributed by atoms with Crippen molar-refractivity contribution < 1.29 is 17.9 Å². The predicted molar refractivity (Wildman–Crippen MR) is 126 cm³/mol. The van der Waals surface area contributed by atoms with Crippen LogP contribution >= 0.6 is 0 Å².